The van der Waals surface area contributed by atoms with E-state index in [1.54, 1.807) is 0 Å². The van der Waals surface area contributed by atoms with Crippen LogP contribution >= 0.6 is 0 Å². The molecular formula is C14H25NO2. The molecule has 0 aromatic carbocycles. The van der Waals surface area contributed by atoms with Gasteiger partial charge in [-0.2, -0.15) is 0 Å². The van der Waals surface area contributed by atoms with E-state index in [1.807, 2.05) is 0 Å². The van der Waals surface area contributed by atoms with E-state index in [0.717, 1.165) is 25.7 Å². The molecule has 3 heteroatoms. The normalized spacial score (nSPS) is 24.8. The average molecular weight is 239 g/mol. The lowest BCUT2D eigenvalue weighted by Crippen LogP contribution is -2.43. The van der Waals surface area contributed by atoms with Crippen LogP contribution in [-0.2, 0) is 4.79 Å². The summed E-state index contributed by atoms with van der Waals surface area (Å²) in [7, 11) is 0. The Morgan fingerprint density at radius 2 is 1.76 bits per heavy atom. The summed E-state index contributed by atoms with van der Waals surface area (Å²) in [6.07, 6.45) is 10.3. The second-order valence-corrected chi connectivity index (χ2v) is 5.92. The van der Waals surface area contributed by atoms with Crippen molar-refractivity contribution in [2.45, 2.75) is 57.8 Å². The van der Waals surface area contributed by atoms with Gasteiger partial charge in [0.25, 0.3) is 0 Å². The zero-order valence-corrected chi connectivity index (χ0v) is 10.7. The lowest BCUT2D eigenvalue weighted by Gasteiger charge is -2.36. The number of aliphatic hydroxyl groups is 1. The summed E-state index contributed by atoms with van der Waals surface area (Å²) in [5, 5.41) is 12.7. The van der Waals surface area contributed by atoms with Crippen LogP contribution < -0.4 is 5.32 Å². The highest BCUT2D eigenvalue weighted by Crippen LogP contribution is 2.35. The lowest BCUT2D eigenvalue weighted by atomic mass is 9.74. The van der Waals surface area contributed by atoms with Gasteiger partial charge in [0.15, 0.2) is 0 Å². The van der Waals surface area contributed by atoms with Crippen molar-refractivity contribution in [2.75, 3.05) is 13.2 Å². The van der Waals surface area contributed by atoms with Gasteiger partial charge in [0.2, 0.25) is 5.91 Å². The third-order valence-electron chi connectivity index (χ3n) is 4.61. The average Bonchev–Trinajstić information content (AvgIpc) is 2.91. The lowest BCUT2D eigenvalue weighted by molar-refractivity contribution is -0.125. The Kier molecular flexibility index (Phi) is 4.43. The summed E-state index contributed by atoms with van der Waals surface area (Å²) >= 11 is 0. The van der Waals surface area contributed by atoms with Crippen LogP contribution in [0.4, 0.5) is 0 Å². The van der Waals surface area contributed by atoms with Crippen molar-refractivity contribution >= 4 is 5.91 Å². The zero-order chi connectivity index (χ0) is 12.1. The summed E-state index contributed by atoms with van der Waals surface area (Å²) in [6, 6.07) is 0. The predicted octanol–water partition coefficient (Wildman–Crippen LogP) is 2.24. The molecule has 0 aromatic heterocycles. The van der Waals surface area contributed by atoms with Crippen LogP contribution in [0.15, 0.2) is 0 Å². The smallest absolute Gasteiger partial charge is 0.223 e. The molecule has 0 saturated heterocycles. The van der Waals surface area contributed by atoms with E-state index < -0.39 is 0 Å². The van der Waals surface area contributed by atoms with Crippen LogP contribution in [0.5, 0.6) is 0 Å². The van der Waals surface area contributed by atoms with Crippen LogP contribution in [-0.4, -0.2) is 24.2 Å². The van der Waals surface area contributed by atoms with Crippen molar-refractivity contribution in [3.63, 3.8) is 0 Å². The summed E-state index contributed by atoms with van der Waals surface area (Å²) < 4.78 is 0. The molecule has 2 fully saturated rings. The Morgan fingerprint density at radius 1 is 1.12 bits per heavy atom. The second kappa shape index (κ2) is 5.85. The molecule has 98 valence electrons. The Morgan fingerprint density at radius 3 is 2.35 bits per heavy atom. The second-order valence-electron chi connectivity index (χ2n) is 5.92. The Labute approximate surface area is 104 Å². The van der Waals surface area contributed by atoms with Crippen LogP contribution in [0.1, 0.15) is 57.8 Å². The number of carbonyl (C=O) groups is 1. The topological polar surface area (TPSA) is 49.3 Å². The molecule has 2 saturated carbocycles. The van der Waals surface area contributed by atoms with E-state index in [-0.39, 0.29) is 23.8 Å². The molecule has 0 heterocycles. The van der Waals surface area contributed by atoms with Gasteiger partial charge in [0.1, 0.15) is 0 Å². The summed E-state index contributed by atoms with van der Waals surface area (Å²) in [5.74, 6) is 0.468. The highest BCUT2D eigenvalue weighted by atomic mass is 16.3. The molecule has 2 N–H and O–H groups in total. The first-order valence-corrected chi connectivity index (χ1v) is 7.14. The van der Waals surface area contributed by atoms with Crippen LogP contribution in [0.3, 0.4) is 0 Å². The number of amides is 1. The molecule has 0 atom stereocenters. The molecule has 2 aliphatic rings. The fourth-order valence-electron chi connectivity index (χ4n) is 3.30. The van der Waals surface area contributed by atoms with Gasteiger partial charge >= 0.3 is 0 Å². The minimum absolute atomic E-state index is 0.0213. The third kappa shape index (κ3) is 3.21. The van der Waals surface area contributed by atoms with Crippen molar-refractivity contribution in [3.8, 4) is 0 Å². The molecule has 0 spiro atoms. The third-order valence-corrected chi connectivity index (χ3v) is 4.61. The molecule has 2 rings (SSSR count). The van der Waals surface area contributed by atoms with Gasteiger partial charge in [0, 0.05) is 17.9 Å². The Balaban J connectivity index is 1.80. The standard InChI is InChI=1S/C14H25NO2/c16-11-14(8-4-1-5-9-14)10-15-13(17)12-6-2-3-7-12/h12,16H,1-11H2,(H,15,17). The number of nitrogens with one attached hydrogen (secondary N) is 1. The predicted molar refractivity (Wildman–Crippen MR) is 67.6 cm³/mol. The van der Waals surface area contributed by atoms with E-state index in [2.05, 4.69) is 5.32 Å². The largest absolute Gasteiger partial charge is 0.396 e. The SMILES string of the molecule is O=C(NCC1(CO)CCCCC1)C1CCCC1. The molecule has 0 bridgehead atoms. The molecule has 0 unspecified atom stereocenters. The maximum atomic E-state index is 12.0. The first-order chi connectivity index (χ1) is 8.26. The first-order valence-electron chi connectivity index (χ1n) is 7.14. The van der Waals surface area contributed by atoms with Crippen LogP contribution in [0, 0.1) is 11.3 Å². The molecule has 0 aliphatic heterocycles. The van der Waals surface area contributed by atoms with Crippen molar-refractivity contribution in [2.24, 2.45) is 11.3 Å². The molecular weight excluding hydrogens is 214 g/mol. The van der Waals surface area contributed by atoms with Crippen LogP contribution in [0.2, 0.25) is 0 Å². The monoisotopic (exact) mass is 239 g/mol. The van der Waals surface area contributed by atoms with Crippen molar-refractivity contribution in [3.05, 3.63) is 0 Å². The zero-order valence-electron chi connectivity index (χ0n) is 10.7. The number of hydrogen-bond donors (Lipinski definition) is 2. The highest BCUT2D eigenvalue weighted by Gasteiger charge is 2.32. The van der Waals surface area contributed by atoms with Gasteiger partial charge in [0.05, 0.1) is 6.61 Å². The maximum absolute atomic E-state index is 12.0. The Bertz CT molecular complexity index is 253. The molecule has 1 amide bonds. The van der Waals surface area contributed by atoms with Crippen molar-refractivity contribution in [1.29, 1.82) is 0 Å². The van der Waals surface area contributed by atoms with E-state index in [1.165, 1.54) is 32.1 Å². The van der Waals surface area contributed by atoms with Gasteiger partial charge < -0.3 is 10.4 Å². The van der Waals surface area contributed by atoms with Gasteiger partial charge in [-0.15, -0.1) is 0 Å². The van der Waals surface area contributed by atoms with Gasteiger partial charge in [-0.05, 0) is 25.7 Å². The molecule has 17 heavy (non-hydrogen) atoms. The van der Waals surface area contributed by atoms with E-state index in [4.69, 9.17) is 0 Å². The van der Waals surface area contributed by atoms with E-state index in [9.17, 15) is 9.90 Å². The first kappa shape index (κ1) is 12.9. The van der Waals surface area contributed by atoms with Gasteiger partial charge in [-0.3, -0.25) is 4.79 Å². The van der Waals surface area contributed by atoms with E-state index in [0.29, 0.717) is 6.54 Å². The molecule has 3 nitrogen and oxygen atoms in total. The highest BCUT2D eigenvalue weighted by molar-refractivity contribution is 5.78. The Hall–Kier alpha value is -0.570. The number of carbonyl (C=O) groups excluding carboxylic acids is 1. The van der Waals surface area contributed by atoms with Crippen molar-refractivity contribution < 1.29 is 9.90 Å². The number of rotatable bonds is 4. The quantitative estimate of drug-likeness (QED) is 0.790. The fraction of sp³-hybridized carbons (Fsp3) is 0.929. The maximum Gasteiger partial charge on any atom is 0.223 e. The van der Waals surface area contributed by atoms with Gasteiger partial charge in [-0.1, -0.05) is 32.1 Å². The molecule has 0 radical (unpaired) electrons. The molecule has 0 aromatic rings. The summed E-state index contributed by atoms with van der Waals surface area (Å²) in [6.45, 7) is 0.900. The molecule has 2 aliphatic carbocycles. The summed E-state index contributed by atoms with van der Waals surface area (Å²) in [4.78, 5) is 12.0. The minimum atomic E-state index is -0.0213. The number of hydrogen-bond acceptors (Lipinski definition) is 2. The minimum Gasteiger partial charge on any atom is -0.396 e. The number of aliphatic hydroxyl groups excluding tert-OH is 1. The van der Waals surface area contributed by atoms with Gasteiger partial charge in [-0.25, -0.2) is 0 Å². The van der Waals surface area contributed by atoms with Crippen LogP contribution in [0.25, 0.3) is 0 Å². The van der Waals surface area contributed by atoms with E-state index >= 15 is 0 Å². The fourth-order valence-corrected chi connectivity index (χ4v) is 3.30. The summed E-state index contributed by atoms with van der Waals surface area (Å²) in [5.41, 5.74) is -0.0213. The van der Waals surface area contributed by atoms with Crippen molar-refractivity contribution in [1.82, 2.24) is 5.32 Å².